The maximum Gasteiger partial charge on any atom is 0.253 e. The first kappa shape index (κ1) is 19.8. The number of pyridine rings is 1. The van der Waals surface area contributed by atoms with Crippen molar-refractivity contribution in [3.8, 4) is 0 Å². The third kappa shape index (κ3) is 3.96. The van der Waals surface area contributed by atoms with Crippen molar-refractivity contribution in [3.63, 3.8) is 0 Å². The number of rotatable bonds is 3. The summed E-state index contributed by atoms with van der Waals surface area (Å²) in [4.78, 5) is 18.7. The van der Waals surface area contributed by atoms with E-state index in [1.54, 1.807) is 0 Å². The number of hydrogen-bond donors (Lipinski definition) is 1. The fourth-order valence-corrected chi connectivity index (χ4v) is 4.23. The minimum absolute atomic E-state index is 0.0687. The molecule has 1 aliphatic heterocycles. The van der Waals surface area contributed by atoms with Gasteiger partial charge in [0.25, 0.3) is 5.56 Å². The fourth-order valence-electron chi connectivity index (χ4n) is 4.23. The first-order valence-electron chi connectivity index (χ1n) is 10.5. The molecule has 1 N–H and O–H groups in total. The molecule has 3 heterocycles. The molecule has 1 aliphatic rings. The standard InChI is InChI=1S/C22H30N6O/c1-15-9-10-16-14-17(21(29)23-18(16)13-15)19(27-11-7-5-6-8-12-27)20-24-25-26-28(20)22(2,3)4/h9-10,13-14,19H,5-8,11-12H2,1-4H3,(H,23,29)/t19-/m1/s1. The van der Waals surface area contributed by atoms with Gasteiger partial charge in [-0.25, -0.2) is 4.68 Å². The van der Waals surface area contributed by atoms with Crippen molar-refractivity contribution >= 4 is 10.9 Å². The summed E-state index contributed by atoms with van der Waals surface area (Å²) in [7, 11) is 0. The second-order valence-corrected chi connectivity index (χ2v) is 9.12. The van der Waals surface area contributed by atoms with Crippen LogP contribution in [-0.4, -0.2) is 43.2 Å². The Morgan fingerprint density at radius 3 is 2.48 bits per heavy atom. The molecule has 0 aliphatic carbocycles. The minimum Gasteiger partial charge on any atom is -0.322 e. The smallest absolute Gasteiger partial charge is 0.253 e. The summed E-state index contributed by atoms with van der Waals surface area (Å²) in [6.07, 6.45) is 4.69. The summed E-state index contributed by atoms with van der Waals surface area (Å²) in [6, 6.07) is 7.91. The lowest BCUT2D eigenvalue weighted by molar-refractivity contribution is 0.208. The first-order valence-corrected chi connectivity index (χ1v) is 10.5. The normalized spacial score (nSPS) is 17.4. The zero-order valence-corrected chi connectivity index (χ0v) is 17.8. The number of tetrazole rings is 1. The molecule has 1 saturated heterocycles. The van der Waals surface area contributed by atoms with Crippen molar-refractivity contribution in [2.75, 3.05) is 13.1 Å². The number of aryl methyl sites for hydroxylation is 1. The van der Waals surface area contributed by atoms with Crippen molar-refractivity contribution in [3.05, 3.63) is 51.6 Å². The van der Waals surface area contributed by atoms with Crippen LogP contribution in [0, 0.1) is 6.92 Å². The Morgan fingerprint density at radius 2 is 1.79 bits per heavy atom. The number of H-pyrrole nitrogens is 1. The highest BCUT2D eigenvalue weighted by Gasteiger charge is 2.33. The molecule has 3 aromatic rings. The highest BCUT2D eigenvalue weighted by Crippen LogP contribution is 2.31. The topological polar surface area (TPSA) is 79.7 Å². The van der Waals surface area contributed by atoms with E-state index < -0.39 is 0 Å². The number of benzene rings is 1. The summed E-state index contributed by atoms with van der Waals surface area (Å²) < 4.78 is 1.86. The van der Waals surface area contributed by atoms with E-state index in [4.69, 9.17) is 0 Å². The number of hydrogen-bond acceptors (Lipinski definition) is 5. The van der Waals surface area contributed by atoms with E-state index in [-0.39, 0.29) is 17.1 Å². The number of nitrogens with one attached hydrogen (secondary N) is 1. The van der Waals surface area contributed by atoms with E-state index in [1.165, 1.54) is 12.8 Å². The maximum atomic E-state index is 13.2. The highest BCUT2D eigenvalue weighted by molar-refractivity contribution is 5.79. The third-order valence-corrected chi connectivity index (χ3v) is 5.70. The monoisotopic (exact) mass is 394 g/mol. The molecule has 0 unspecified atom stereocenters. The molecule has 1 aromatic carbocycles. The van der Waals surface area contributed by atoms with Gasteiger partial charge in [-0.05, 0) is 87.1 Å². The van der Waals surface area contributed by atoms with Gasteiger partial charge in [-0.2, -0.15) is 0 Å². The van der Waals surface area contributed by atoms with Crippen LogP contribution < -0.4 is 5.56 Å². The van der Waals surface area contributed by atoms with Crippen molar-refractivity contribution in [2.24, 2.45) is 0 Å². The second-order valence-electron chi connectivity index (χ2n) is 9.12. The van der Waals surface area contributed by atoms with Gasteiger partial charge in [0.05, 0.1) is 5.54 Å². The lowest BCUT2D eigenvalue weighted by atomic mass is 10.0. The van der Waals surface area contributed by atoms with E-state index >= 15 is 0 Å². The lowest BCUT2D eigenvalue weighted by Gasteiger charge is -2.31. The van der Waals surface area contributed by atoms with Gasteiger partial charge in [0.2, 0.25) is 0 Å². The predicted molar refractivity (Wildman–Crippen MR) is 114 cm³/mol. The van der Waals surface area contributed by atoms with Crippen LogP contribution in [0.25, 0.3) is 10.9 Å². The number of likely N-dealkylation sites (tertiary alicyclic amines) is 1. The molecule has 7 heteroatoms. The molecule has 0 bridgehead atoms. The van der Waals surface area contributed by atoms with Gasteiger partial charge in [0.15, 0.2) is 5.82 Å². The molecular weight excluding hydrogens is 364 g/mol. The summed E-state index contributed by atoms with van der Waals surface area (Å²) in [5.41, 5.74) is 2.36. The Labute approximate surface area is 171 Å². The Kier molecular flexibility index (Phi) is 5.25. The molecular formula is C22H30N6O. The summed E-state index contributed by atoms with van der Waals surface area (Å²) in [5, 5.41) is 13.7. The molecule has 0 radical (unpaired) electrons. The van der Waals surface area contributed by atoms with Crippen molar-refractivity contribution in [1.82, 2.24) is 30.1 Å². The zero-order chi connectivity index (χ0) is 20.6. The number of aromatic nitrogens is 5. The predicted octanol–water partition coefficient (Wildman–Crippen LogP) is 3.54. The van der Waals surface area contributed by atoms with Gasteiger partial charge < -0.3 is 4.98 Å². The Hall–Kier alpha value is -2.54. The van der Waals surface area contributed by atoms with Crippen LogP contribution in [-0.2, 0) is 5.54 Å². The van der Waals surface area contributed by atoms with Crippen molar-refractivity contribution < 1.29 is 0 Å². The van der Waals surface area contributed by atoms with Crippen LogP contribution in [0.3, 0.4) is 0 Å². The van der Waals surface area contributed by atoms with Crippen LogP contribution in [0.5, 0.6) is 0 Å². The van der Waals surface area contributed by atoms with Crippen LogP contribution in [0.4, 0.5) is 0 Å². The molecule has 1 atom stereocenters. The number of aromatic amines is 1. The number of nitrogens with zero attached hydrogens (tertiary/aromatic N) is 5. The molecule has 4 rings (SSSR count). The molecule has 154 valence electrons. The van der Waals surface area contributed by atoms with Crippen LogP contribution in [0.2, 0.25) is 0 Å². The van der Waals surface area contributed by atoms with Crippen LogP contribution >= 0.6 is 0 Å². The van der Waals surface area contributed by atoms with Gasteiger partial charge >= 0.3 is 0 Å². The Morgan fingerprint density at radius 1 is 1.07 bits per heavy atom. The average molecular weight is 395 g/mol. The Balaban J connectivity index is 1.90. The Bertz CT molecular complexity index is 1050. The van der Waals surface area contributed by atoms with E-state index in [0.717, 1.165) is 48.2 Å². The van der Waals surface area contributed by atoms with Crippen molar-refractivity contribution in [1.29, 1.82) is 0 Å². The second kappa shape index (κ2) is 7.71. The highest BCUT2D eigenvalue weighted by atomic mass is 16.1. The van der Waals surface area contributed by atoms with Crippen molar-refractivity contribution in [2.45, 2.75) is 65.0 Å². The third-order valence-electron chi connectivity index (χ3n) is 5.70. The van der Waals surface area contributed by atoms with Gasteiger partial charge in [0, 0.05) is 11.1 Å². The molecule has 0 saturated carbocycles. The first-order chi connectivity index (χ1) is 13.8. The fraction of sp³-hybridized carbons (Fsp3) is 0.545. The molecule has 2 aromatic heterocycles. The molecule has 7 nitrogen and oxygen atoms in total. The average Bonchev–Trinajstić information content (AvgIpc) is 2.99. The largest absolute Gasteiger partial charge is 0.322 e. The summed E-state index contributed by atoms with van der Waals surface area (Å²) in [5.74, 6) is 0.733. The molecule has 1 fully saturated rings. The molecule has 0 spiro atoms. The van der Waals surface area contributed by atoms with E-state index in [2.05, 4.69) is 58.3 Å². The van der Waals surface area contributed by atoms with Gasteiger partial charge in [-0.3, -0.25) is 9.69 Å². The summed E-state index contributed by atoms with van der Waals surface area (Å²) >= 11 is 0. The summed E-state index contributed by atoms with van der Waals surface area (Å²) in [6.45, 7) is 10.2. The van der Waals surface area contributed by atoms with Gasteiger partial charge in [-0.15, -0.1) is 5.10 Å². The molecule has 0 amide bonds. The van der Waals surface area contributed by atoms with E-state index in [0.29, 0.717) is 5.56 Å². The van der Waals surface area contributed by atoms with E-state index in [9.17, 15) is 4.79 Å². The quantitative estimate of drug-likeness (QED) is 0.735. The SMILES string of the molecule is Cc1ccc2cc([C@H](c3nnnn3C(C)(C)C)N3CCCCCC3)c(=O)[nH]c2c1. The maximum absolute atomic E-state index is 13.2. The lowest BCUT2D eigenvalue weighted by Crippen LogP contribution is -2.38. The zero-order valence-electron chi connectivity index (χ0n) is 17.8. The van der Waals surface area contributed by atoms with Gasteiger partial charge in [0.1, 0.15) is 6.04 Å². The molecule has 29 heavy (non-hydrogen) atoms. The minimum atomic E-state index is -0.274. The van der Waals surface area contributed by atoms with Crippen LogP contribution in [0.15, 0.2) is 29.1 Å². The van der Waals surface area contributed by atoms with Crippen LogP contribution in [0.1, 0.15) is 69.4 Å². The number of fused-ring (bicyclic) bond motifs is 1. The van der Waals surface area contributed by atoms with E-state index in [1.807, 2.05) is 23.7 Å². The van der Waals surface area contributed by atoms with Gasteiger partial charge in [-0.1, -0.05) is 25.0 Å².